The van der Waals surface area contributed by atoms with E-state index in [1.54, 1.807) is 0 Å². The molecule has 0 bridgehead atoms. The van der Waals surface area contributed by atoms with E-state index < -0.39 is 21.2 Å². The van der Waals surface area contributed by atoms with E-state index in [0.29, 0.717) is 6.42 Å². The van der Waals surface area contributed by atoms with Gasteiger partial charge in [0.05, 0.1) is 11.5 Å². The molecule has 0 radical (unpaired) electrons. The number of nitrogens with two attached hydrogens (primary N) is 2. The van der Waals surface area contributed by atoms with Gasteiger partial charge in [-0.2, -0.15) is 4.31 Å². The Morgan fingerprint density at radius 3 is 2.29 bits per heavy atom. The van der Waals surface area contributed by atoms with Crippen LogP contribution in [0.1, 0.15) is 26.7 Å². The van der Waals surface area contributed by atoms with Gasteiger partial charge in [-0.15, -0.1) is 0 Å². The highest BCUT2D eigenvalue weighted by Crippen LogP contribution is 2.10. The maximum absolute atomic E-state index is 12.1. The number of carbonyl (C=O) groups is 1. The summed E-state index contributed by atoms with van der Waals surface area (Å²) in [7, 11) is -3.70. The molecule has 0 aromatic carbocycles. The maximum atomic E-state index is 12.1. The molecule has 8 heteroatoms. The fraction of sp³-hybridized carbons (Fsp3) is 0.778. The summed E-state index contributed by atoms with van der Waals surface area (Å²) in [6, 6.07) is 0. The molecule has 0 aliphatic carbocycles. The first-order valence-corrected chi connectivity index (χ1v) is 7.21. The molecular formula is C9H19N3O3S2. The van der Waals surface area contributed by atoms with Crippen LogP contribution in [0.2, 0.25) is 0 Å². The highest BCUT2D eigenvalue weighted by molar-refractivity contribution is 7.92. The van der Waals surface area contributed by atoms with Gasteiger partial charge in [-0.25, -0.2) is 8.42 Å². The Kier molecular flexibility index (Phi) is 6.58. The van der Waals surface area contributed by atoms with Crippen molar-refractivity contribution in [3.63, 3.8) is 0 Å². The molecule has 0 aromatic heterocycles. The molecule has 0 fully saturated rings. The van der Waals surface area contributed by atoms with Crippen LogP contribution in [0, 0.1) is 0 Å². The molecule has 1 unspecified atom stereocenters. The van der Waals surface area contributed by atoms with E-state index in [4.69, 9.17) is 11.5 Å². The SMILES string of the molecule is CCCCN(CC(N)=O)S(=O)(=O)C(C)C(N)=S. The molecule has 0 rings (SSSR count). The van der Waals surface area contributed by atoms with E-state index in [0.717, 1.165) is 10.7 Å². The third-order valence-corrected chi connectivity index (χ3v) is 4.98. The molecule has 100 valence electrons. The van der Waals surface area contributed by atoms with Crippen molar-refractivity contribution in [1.82, 2.24) is 4.31 Å². The van der Waals surface area contributed by atoms with Gasteiger partial charge in [-0.1, -0.05) is 25.6 Å². The second-order valence-corrected chi connectivity index (χ2v) is 6.47. The maximum Gasteiger partial charge on any atom is 0.232 e. The van der Waals surface area contributed by atoms with Crippen molar-refractivity contribution in [3.8, 4) is 0 Å². The molecule has 4 N–H and O–H groups in total. The van der Waals surface area contributed by atoms with Crippen LogP contribution in [0.3, 0.4) is 0 Å². The molecule has 17 heavy (non-hydrogen) atoms. The van der Waals surface area contributed by atoms with Crippen molar-refractivity contribution in [1.29, 1.82) is 0 Å². The fourth-order valence-corrected chi connectivity index (χ4v) is 2.97. The molecule has 0 heterocycles. The minimum Gasteiger partial charge on any atom is -0.392 e. The van der Waals surface area contributed by atoms with Gasteiger partial charge in [0.25, 0.3) is 0 Å². The summed E-state index contributed by atoms with van der Waals surface area (Å²) in [5.74, 6) is -0.695. The average molecular weight is 281 g/mol. The molecule has 6 nitrogen and oxygen atoms in total. The Labute approximate surface area is 107 Å². The second kappa shape index (κ2) is 6.87. The zero-order valence-corrected chi connectivity index (χ0v) is 11.7. The molecule has 0 aromatic rings. The lowest BCUT2D eigenvalue weighted by atomic mass is 10.3. The van der Waals surface area contributed by atoms with Gasteiger partial charge in [0.2, 0.25) is 15.9 Å². The van der Waals surface area contributed by atoms with Gasteiger partial charge in [-0.3, -0.25) is 4.79 Å². The van der Waals surface area contributed by atoms with Crippen LogP contribution in [0.5, 0.6) is 0 Å². The lowest BCUT2D eigenvalue weighted by Crippen LogP contribution is -2.46. The Hall–Kier alpha value is -0.730. The normalized spacial score (nSPS) is 13.6. The lowest BCUT2D eigenvalue weighted by Gasteiger charge is -2.23. The standard InChI is InChI=1S/C9H19N3O3S2/c1-3-4-5-12(6-8(10)13)17(14,15)7(2)9(11)16/h7H,3-6H2,1-2H3,(H2,10,13)(H2,11,16). The molecule has 1 atom stereocenters. The van der Waals surface area contributed by atoms with Crippen LogP contribution in [0.4, 0.5) is 0 Å². The molecule has 0 aliphatic heterocycles. The first-order chi connectivity index (χ1) is 7.73. The smallest absolute Gasteiger partial charge is 0.232 e. The third kappa shape index (κ3) is 4.97. The molecule has 0 saturated heterocycles. The van der Waals surface area contributed by atoms with E-state index in [9.17, 15) is 13.2 Å². The topological polar surface area (TPSA) is 106 Å². The highest BCUT2D eigenvalue weighted by Gasteiger charge is 2.31. The van der Waals surface area contributed by atoms with Crippen molar-refractivity contribution in [2.75, 3.05) is 13.1 Å². The summed E-state index contributed by atoms with van der Waals surface area (Å²) < 4.78 is 25.2. The van der Waals surface area contributed by atoms with Crippen molar-refractivity contribution in [2.45, 2.75) is 31.9 Å². The predicted molar refractivity (Wildman–Crippen MR) is 70.8 cm³/mol. The number of sulfonamides is 1. The summed E-state index contributed by atoms with van der Waals surface area (Å²) in [5.41, 5.74) is 10.4. The first-order valence-electron chi connectivity index (χ1n) is 5.30. The van der Waals surface area contributed by atoms with Crippen LogP contribution in [0.25, 0.3) is 0 Å². The number of amides is 1. The van der Waals surface area contributed by atoms with Crippen LogP contribution in [-0.4, -0.2) is 42.0 Å². The minimum atomic E-state index is -3.70. The molecular weight excluding hydrogens is 262 g/mol. The summed E-state index contributed by atoms with van der Waals surface area (Å²) in [4.78, 5) is 10.7. The van der Waals surface area contributed by atoms with Gasteiger partial charge in [0.1, 0.15) is 5.25 Å². The number of hydrogen-bond acceptors (Lipinski definition) is 4. The summed E-state index contributed by atoms with van der Waals surface area (Å²) in [6.45, 7) is 3.23. The van der Waals surface area contributed by atoms with Crippen molar-refractivity contribution < 1.29 is 13.2 Å². The van der Waals surface area contributed by atoms with Crippen molar-refractivity contribution in [3.05, 3.63) is 0 Å². The largest absolute Gasteiger partial charge is 0.392 e. The van der Waals surface area contributed by atoms with Gasteiger partial charge < -0.3 is 11.5 Å². The zero-order valence-electron chi connectivity index (χ0n) is 10.0. The number of primary amides is 1. The second-order valence-electron chi connectivity index (χ2n) is 3.74. The van der Waals surface area contributed by atoms with Gasteiger partial charge >= 0.3 is 0 Å². The number of hydrogen-bond donors (Lipinski definition) is 2. The summed E-state index contributed by atoms with van der Waals surface area (Å²) in [6.07, 6.45) is 1.46. The highest BCUT2D eigenvalue weighted by atomic mass is 32.2. The minimum absolute atomic E-state index is 0.115. The third-order valence-electron chi connectivity index (χ3n) is 2.30. The van der Waals surface area contributed by atoms with Crippen LogP contribution in [-0.2, 0) is 14.8 Å². The van der Waals surface area contributed by atoms with Crippen LogP contribution in [0.15, 0.2) is 0 Å². The predicted octanol–water partition coefficient (Wildman–Crippen LogP) is -0.422. The van der Waals surface area contributed by atoms with E-state index >= 15 is 0 Å². The Balaban J connectivity index is 5.00. The zero-order chi connectivity index (χ0) is 13.6. The molecule has 0 saturated carbocycles. The molecule has 0 spiro atoms. The van der Waals surface area contributed by atoms with Gasteiger partial charge in [0, 0.05) is 6.54 Å². The van der Waals surface area contributed by atoms with Gasteiger partial charge in [-0.05, 0) is 13.3 Å². The number of unbranched alkanes of at least 4 members (excludes halogenated alkanes) is 1. The first kappa shape index (κ1) is 16.3. The molecule has 0 aliphatic rings. The Bertz CT molecular complexity index is 381. The van der Waals surface area contributed by atoms with Crippen molar-refractivity contribution >= 4 is 33.1 Å². The summed E-state index contributed by atoms with van der Waals surface area (Å²) >= 11 is 4.67. The number of rotatable bonds is 8. The monoisotopic (exact) mass is 281 g/mol. The number of thiocarbonyl (C=S) groups is 1. The van der Waals surface area contributed by atoms with Crippen LogP contribution < -0.4 is 11.5 Å². The quantitative estimate of drug-likeness (QED) is 0.588. The number of nitrogens with zero attached hydrogens (tertiary/aromatic N) is 1. The van der Waals surface area contributed by atoms with Gasteiger partial charge in [0.15, 0.2) is 0 Å². The van der Waals surface area contributed by atoms with E-state index in [1.165, 1.54) is 6.92 Å². The summed E-state index contributed by atoms with van der Waals surface area (Å²) in [5, 5.41) is -0.992. The lowest BCUT2D eigenvalue weighted by molar-refractivity contribution is -0.118. The Morgan fingerprint density at radius 1 is 1.41 bits per heavy atom. The van der Waals surface area contributed by atoms with E-state index in [-0.39, 0.29) is 18.1 Å². The van der Waals surface area contributed by atoms with Crippen molar-refractivity contribution in [2.24, 2.45) is 11.5 Å². The van der Waals surface area contributed by atoms with Crippen LogP contribution >= 0.6 is 12.2 Å². The number of carbonyl (C=O) groups excluding carboxylic acids is 1. The molecule has 1 amide bonds. The Morgan fingerprint density at radius 2 is 1.94 bits per heavy atom. The van der Waals surface area contributed by atoms with E-state index in [1.807, 2.05) is 6.92 Å². The van der Waals surface area contributed by atoms with E-state index in [2.05, 4.69) is 12.2 Å². The fourth-order valence-electron chi connectivity index (χ4n) is 1.17. The average Bonchev–Trinajstić information content (AvgIpc) is 2.22.